The Kier molecular flexibility index (Phi) is 47.6. The molecule has 0 aromatic heterocycles. The molecule has 0 aliphatic heterocycles. The minimum atomic E-state index is -4.69. The molecule has 0 radical (unpaired) electrons. The van der Waals surface area contributed by atoms with Crippen LogP contribution in [0.1, 0.15) is 271 Å². The molecular formula is C58H111N2O7P. The molecule has 0 saturated carbocycles. The number of likely N-dealkylation sites (N-methyl/N-ethyl adjacent to an activating group) is 1. The van der Waals surface area contributed by atoms with Crippen LogP contribution in [0.2, 0.25) is 0 Å². The average molecular weight is 980 g/mol. The molecule has 1 N–H and O–H groups in total. The van der Waals surface area contributed by atoms with Crippen LogP contribution in [0.3, 0.4) is 0 Å². The quantitative estimate of drug-likeness (QED) is 0.0212. The summed E-state index contributed by atoms with van der Waals surface area (Å²) in [6.07, 6.45) is 56.8. The Labute approximate surface area is 421 Å². The van der Waals surface area contributed by atoms with Crippen molar-refractivity contribution in [1.82, 2.24) is 5.32 Å². The first-order valence-corrected chi connectivity index (χ1v) is 30.3. The Morgan fingerprint density at radius 3 is 1.26 bits per heavy atom. The van der Waals surface area contributed by atoms with Gasteiger partial charge in [0.15, 0.2) is 0 Å². The smallest absolute Gasteiger partial charge is 0.306 e. The molecule has 0 rings (SSSR count). The zero-order valence-electron chi connectivity index (χ0n) is 45.6. The van der Waals surface area contributed by atoms with Crippen LogP contribution in [-0.4, -0.2) is 69.4 Å². The second-order valence-electron chi connectivity index (χ2n) is 20.8. The molecule has 68 heavy (non-hydrogen) atoms. The SMILES string of the molecule is CCCCCCCC/C=C/CCCCCCCCCC(=O)NC(COP(=O)([O-])OCC[N+](C)(C)C)C(/C=C/CCCCCCCCCCC)OC(=O)CCCCC/C=C\CCCCCCCCC. The van der Waals surface area contributed by atoms with Crippen molar-refractivity contribution < 1.29 is 37.3 Å². The lowest BCUT2D eigenvalue weighted by atomic mass is 10.1. The highest BCUT2D eigenvalue weighted by Crippen LogP contribution is 2.38. The van der Waals surface area contributed by atoms with Crippen molar-refractivity contribution in [3.63, 3.8) is 0 Å². The van der Waals surface area contributed by atoms with E-state index in [9.17, 15) is 19.0 Å². The number of hydrogen-bond donors (Lipinski definition) is 1. The first-order valence-electron chi connectivity index (χ1n) is 28.8. The number of rotatable bonds is 52. The summed E-state index contributed by atoms with van der Waals surface area (Å²) in [6, 6.07) is -0.892. The Morgan fingerprint density at radius 2 is 0.853 bits per heavy atom. The molecule has 9 nitrogen and oxygen atoms in total. The van der Waals surface area contributed by atoms with E-state index < -0.39 is 26.6 Å². The third-order valence-electron chi connectivity index (χ3n) is 12.8. The van der Waals surface area contributed by atoms with Crippen molar-refractivity contribution in [2.45, 2.75) is 283 Å². The number of carbonyl (C=O) groups excluding carboxylic acids is 2. The van der Waals surface area contributed by atoms with Crippen molar-refractivity contribution >= 4 is 19.7 Å². The molecule has 10 heteroatoms. The highest BCUT2D eigenvalue weighted by molar-refractivity contribution is 7.45. The third-order valence-corrected chi connectivity index (χ3v) is 13.8. The zero-order chi connectivity index (χ0) is 50.1. The van der Waals surface area contributed by atoms with E-state index in [4.69, 9.17) is 13.8 Å². The first kappa shape index (κ1) is 66.2. The number of quaternary nitrogens is 1. The summed E-state index contributed by atoms with van der Waals surface area (Å²) in [5, 5.41) is 3.01. The van der Waals surface area contributed by atoms with E-state index in [1.54, 1.807) is 0 Å². The number of allylic oxidation sites excluding steroid dienone is 5. The van der Waals surface area contributed by atoms with Gasteiger partial charge in [-0.2, -0.15) is 0 Å². The van der Waals surface area contributed by atoms with Crippen LogP contribution < -0.4 is 10.2 Å². The van der Waals surface area contributed by atoms with Gasteiger partial charge in [-0.1, -0.05) is 212 Å². The van der Waals surface area contributed by atoms with Gasteiger partial charge in [-0.3, -0.25) is 14.2 Å². The van der Waals surface area contributed by atoms with E-state index in [1.807, 2.05) is 33.3 Å². The number of phosphoric ester groups is 1. The summed E-state index contributed by atoms with van der Waals surface area (Å²) in [7, 11) is 1.18. The Hall–Kier alpha value is -1.77. The molecule has 0 bridgehead atoms. The predicted molar refractivity (Wildman–Crippen MR) is 289 cm³/mol. The summed E-state index contributed by atoms with van der Waals surface area (Å²) in [5.74, 6) is -0.559. The van der Waals surface area contributed by atoms with Crippen LogP contribution in [0.25, 0.3) is 0 Å². The van der Waals surface area contributed by atoms with Crippen LogP contribution in [0.4, 0.5) is 0 Å². The van der Waals surface area contributed by atoms with Crippen molar-refractivity contribution in [3.05, 3.63) is 36.5 Å². The lowest BCUT2D eigenvalue weighted by molar-refractivity contribution is -0.870. The van der Waals surface area contributed by atoms with Crippen LogP contribution in [0, 0.1) is 0 Å². The number of hydrogen-bond acceptors (Lipinski definition) is 7. The molecular weight excluding hydrogens is 868 g/mol. The largest absolute Gasteiger partial charge is 0.756 e. The molecule has 0 aliphatic rings. The number of carbonyl (C=O) groups is 2. The molecule has 0 spiro atoms. The number of nitrogens with one attached hydrogen (secondary N) is 1. The van der Waals surface area contributed by atoms with Gasteiger partial charge in [-0.15, -0.1) is 0 Å². The molecule has 3 atom stereocenters. The lowest BCUT2D eigenvalue weighted by Gasteiger charge is -2.30. The van der Waals surface area contributed by atoms with Crippen LogP contribution in [0.5, 0.6) is 0 Å². The standard InChI is InChI=1S/C58H111N2O7P/c1-7-10-13-16-19-22-25-27-29-30-31-32-35-38-41-44-47-50-57(61)59-55(54-66-68(63,64)65-53-52-60(4,5)6)56(49-46-43-40-37-34-24-21-18-15-12-9-3)67-58(62)51-48-45-42-39-36-33-28-26-23-20-17-14-11-8-2/h27,29,33,36,46,49,55-56H,7-26,28,30-32,34-35,37-45,47-48,50-54H2,1-6H3,(H-,59,61,63,64)/b29-27+,36-33-,49-46+. The van der Waals surface area contributed by atoms with Gasteiger partial charge in [0.05, 0.1) is 33.8 Å². The van der Waals surface area contributed by atoms with Gasteiger partial charge >= 0.3 is 5.97 Å². The summed E-state index contributed by atoms with van der Waals surface area (Å²) >= 11 is 0. The summed E-state index contributed by atoms with van der Waals surface area (Å²) in [6.45, 7) is 6.82. The fraction of sp³-hybridized carbons (Fsp3) is 0.862. The van der Waals surface area contributed by atoms with Crippen molar-refractivity contribution in [3.8, 4) is 0 Å². The lowest BCUT2D eigenvalue weighted by Crippen LogP contribution is -2.47. The molecule has 0 saturated heterocycles. The summed E-state index contributed by atoms with van der Waals surface area (Å²) < 4.78 is 30.2. The van der Waals surface area contributed by atoms with Crippen LogP contribution in [-0.2, 0) is 27.9 Å². The average Bonchev–Trinajstić information content (AvgIpc) is 3.29. The number of phosphoric acid groups is 1. The maximum Gasteiger partial charge on any atom is 0.306 e. The molecule has 0 heterocycles. The fourth-order valence-electron chi connectivity index (χ4n) is 8.28. The topological polar surface area (TPSA) is 114 Å². The molecule has 0 aromatic rings. The molecule has 1 amide bonds. The minimum absolute atomic E-state index is 0.0241. The van der Waals surface area contributed by atoms with E-state index in [-0.39, 0.29) is 24.9 Å². The van der Waals surface area contributed by atoms with Crippen molar-refractivity contribution in [1.29, 1.82) is 0 Å². The summed E-state index contributed by atoms with van der Waals surface area (Å²) in [5.41, 5.74) is 0. The van der Waals surface area contributed by atoms with Crippen molar-refractivity contribution in [2.24, 2.45) is 0 Å². The van der Waals surface area contributed by atoms with Gasteiger partial charge < -0.3 is 28.5 Å². The normalized spacial score (nSPS) is 14.0. The van der Waals surface area contributed by atoms with E-state index in [1.165, 1.54) is 154 Å². The van der Waals surface area contributed by atoms with Gasteiger partial charge in [-0.25, -0.2) is 0 Å². The number of esters is 1. The first-order chi connectivity index (χ1) is 32.9. The Balaban J connectivity index is 5.33. The fourth-order valence-corrected chi connectivity index (χ4v) is 9.00. The monoisotopic (exact) mass is 979 g/mol. The molecule has 400 valence electrons. The van der Waals surface area contributed by atoms with Gasteiger partial charge in [0.1, 0.15) is 19.3 Å². The minimum Gasteiger partial charge on any atom is -0.756 e. The van der Waals surface area contributed by atoms with Gasteiger partial charge in [-0.05, 0) is 83.1 Å². The second kappa shape index (κ2) is 48.8. The molecule has 3 unspecified atom stereocenters. The molecule has 0 fully saturated rings. The number of amides is 1. The van der Waals surface area contributed by atoms with Gasteiger partial charge in [0.2, 0.25) is 5.91 Å². The van der Waals surface area contributed by atoms with E-state index in [0.29, 0.717) is 23.9 Å². The highest BCUT2D eigenvalue weighted by Gasteiger charge is 2.27. The number of unbranched alkanes of at least 4 members (excludes halogenated alkanes) is 32. The Morgan fingerprint density at radius 1 is 0.500 bits per heavy atom. The zero-order valence-corrected chi connectivity index (χ0v) is 46.5. The maximum atomic E-state index is 13.5. The molecule has 0 aliphatic carbocycles. The third kappa shape index (κ3) is 49.2. The van der Waals surface area contributed by atoms with E-state index in [2.05, 4.69) is 50.4 Å². The van der Waals surface area contributed by atoms with Gasteiger partial charge in [0, 0.05) is 12.8 Å². The van der Waals surface area contributed by atoms with Gasteiger partial charge in [0.25, 0.3) is 7.82 Å². The molecule has 0 aromatic carbocycles. The van der Waals surface area contributed by atoms with Crippen LogP contribution in [0.15, 0.2) is 36.5 Å². The Bertz CT molecular complexity index is 1270. The second-order valence-corrected chi connectivity index (χ2v) is 22.2. The predicted octanol–water partition coefficient (Wildman–Crippen LogP) is 16.5. The summed E-state index contributed by atoms with van der Waals surface area (Å²) in [4.78, 5) is 39.8. The highest BCUT2D eigenvalue weighted by atomic mass is 31.2. The number of ether oxygens (including phenoxy) is 1. The maximum absolute atomic E-state index is 13.5. The van der Waals surface area contributed by atoms with E-state index in [0.717, 1.165) is 77.0 Å². The van der Waals surface area contributed by atoms with Crippen LogP contribution >= 0.6 is 7.82 Å². The number of nitrogens with zero attached hydrogens (tertiary/aromatic N) is 1. The van der Waals surface area contributed by atoms with Crippen molar-refractivity contribution in [2.75, 3.05) is 40.9 Å². The van der Waals surface area contributed by atoms with E-state index >= 15 is 0 Å².